The van der Waals surface area contributed by atoms with Crippen LogP contribution in [0.4, 0.5) is 5.82 Å². The first-order valence-corrected chi connectivity index (χ1v) is 6.58. The Kier molecular flexibility index (Phi) is 3.13. The molecule has 0 fully saturated rings. The summed E-state index contributed by atoms with van der Waals surface area (Å²) in [5.74, 6) is 0.674. The average Bonchev–Trinajstić information content (AvgIpc) is 2.74. The summed E-state index contributed by atoms with van der Waals surface area (Å²) < 4.78 is 1.84. The van der Waals surface area contributed by atoms with Crippen molar-refractivity contribution >= 4 is 23.1 Å². The molecule has 2 heterocycles. The van der Waals surface area contributed by atoms with Gasteiger partial charge in [0.1, 0.15) is 11.5 Å². The van der Waals surface area contributed by atoms with Crippen LogP contribution in [0.2, 0.25) is 5.02 Å². The zero-order valence-corrected chi connectivity index (χ0v) is 11.1. The van der Waals surface area contributed by atoms with Crippen LogP contribution in [0, 0.1) is 0 Å². The molecule has 0 spiro atoms. The number of aryl methyl sites for hydroxylation is 2. The predicted octanol–water partition coefficient (Wildman–Crippen LogP) is 3.36. The van der Waals surface area contributed by atoms with Crippen molar-refractivity contribution in [2.75, 3.05) is 5.73 Å². The van der Waals surface area contributed by atoms with Gasteiger partial charge in [0, 0.05) is 6.20 Å². The highest BCUT2D eigenvalue weighted by Crippen LogP contribution is 2.19. The molecule has 0 bridgehead atoms. The maximum Gasteiger partial charge on any atom is 0.138 e. The molecule has 4 heteroatoms. The molecule has 0 aliphatic carbocycles. The summed E-state index contributed by atoms with van der Waals surface area (Å²) in [6.07, 6.45) is 3.56. The van der Waals surface area contributed by atoms with Crippen molar-refractivity contribution in [2.45, 2.75) is 12.8 Å². The summed E-state index contributed by atoms with van der Waals surface area (Å²) in [4.78, 5) is 4.55. The highest BCUT2D eigenvalue weighted by Gasteiger charge is 2.09. The van der Waals surface area contributed by atoms with Crippen LogP contribution in [0.15, 0.2) is 48.7 Å². The second kappa shape index (κ2) is 4.94. The lowest BCUT2D eigenvalue weighted by Gasteiger charge is -2.00. The van der Waals surface area contributed by atoms with Crippen LogP contribution < -0.4 is 5.73 Å². The fourth-order valence-electron chi connectivity index (χ4n) is 2.18. The lowest BCUT2D eigenvalue weighted by atomic mass is 10.1. The van der Waals surface area contributed by atoms with Gasteiger partial charge in [0.25, 0.3) is 0 Å². The third-order valence-electron chi connectivity index (χ3n) is 3.19. The molecule has 0 atom stereocenters. The van der Waals surface area contributed by atoms with Gasteiger partial charge < -0.3 is 5.73 Å². The molecule has 0 amide bonds. The van der Waals surface area contributed by atoms with E-state index in [4.69, 9.17) is 17.3 Å². The number of nitrogens with zero attached hydrogens (tertiary/aromatic N) is 2. The average molecular weight is 272 g/mol. The second-order valence-electron chi connectivity index (χ2n) is 4.50. The highest BCUT2D eigenvalue weighted by molar-refractivity contribution is 6.30. The lowest BCUT2D eigenvalue weighted by molar-refractivity contribution is 0.931. The van der Waals surface area contributed by atoms with Crippen molar-refractivity contribution in [2.24, 2.45) is 0 Å². The molecular weight excluding hydrogens is 258 g/mol. The van der Waals surface area contributed by atoms with E-state index in [-0.39, 0.29) is 0 Å². The minimum atomic E-state index is 0.659. The number of hydrogen-bond acceptors (Lipinski definition) is 2. The van der Waals surface area contributed by atoms with Crippen LogP contribution in [0.1, 0.15) is 11.3 Å². The minimum absolute atomic E-state index is 0.659. The number of imidazole rings is 1. The van der Waals surface area contributed by atoms with E-state index in [9.17, 15) is 0 Å². The van der Waals surface area contributed by atoms with Crippen molar-refractivity contribution in [1.82, 2.24) is 9.38 Å². The van der Waals surface area contributed by atoms with Gasteiger partial charge in [0.15, 0.2) is 0 Å². The number of anilines is 1. The number of nitrogen functional groups attached to an aromatic ring is 1. The van der Waals surface area contributed by atoms with Crippen LogP contribution in [0.25, 0.3) is 5.65 Å². The zero-order chi connectivity index (χ0) is 13.2. The fraction of sp³-hybridized carbons (Fsp3) is 0.133. The summed E-state index contributed by atoms with van der Waals surface area (Å²) in [7, 11) is 0. The molecule has 96 valence electrons. The first-order chi connectivity index (χ1) is 9.24. The molecular formula is C15H14ClN3. The maximum absolute atomic E-state index is 6.11. The number of aromatic nitrogens is 2. The first-order valence-electron chi connectivity index (χ1n) is 6.20. The standard InChI is InChI=1S/C15H14ClN3/c16-12-7-9-14-18-13(15(17)19(14)10-12)8-6-11-4-2-1-3-5-11/h1-5,7,9-10H,6,8,17H2. The highest BCUT2D eigenvalue weighted by atomic mass is 35.5. The summed E-state index contributed by atoms with van der Waals surface area (Å²) in [5.41, 5.74) is 9.16. The van der Waals surface area contributed by atoms with Crippen LogP contribution in [0.3, 0.4) is 0 Å². The number of benzene rings is 1. The molecule has 3 nitrogen and oxygen atoms in total. The van der Waals surface area contributed by atoms with E-state index in [1.807, 2.05) is 34.7 Å². The fourth-order valence-corrected chi connectivity index (χ4v) is 2.34. The molecule has 3 rings (SSSR count). The van der Waals surface area contributed by atoms with Gasteiger partial charge in [-0.1, -0.05) is 41.9 Å². The van der Waals surface area contributed by atoms with Gasteiger partial charge in [-0.2, -0.15) is 0 Å². The predicted molar refractivity (Wildman–Crippen MR) is 78.5 cm³/mol. The number of nitrogens with two attached hydrogens (primary N) is 1. The van der Waals surface area contributed by atoms with Crippen LogP contribution in [-0.4, -0.2) is 9.38 Å². The first kappa shape index (κ1) is 12.1. The Labute approximate surface area is 116 Å². The van der Waals surface area contributed by atoms with Gasteiger partial charge in [-0.3, -0.25) is 4.40 Å². The largest absolute Gasteiger partial charge is 0.383 e. The molecule has 2 aromatic heterocycles. The Hall–Kier alpha value is -2.00. The van der Waals surface area contributed by atoms with Crippen molar-refractivity contribution in [3.05, 3.63) is 64.9 Å². The quantitative estimate of drug-likeness (QED) is 0.794. The Morgan fingerprint density at radius 3 is 2.63 bits per heavy atom. The van der Waals surface area contributed by atoms with Crippen molar-refractivity contribution in [3.8, 4) is 0 Å². The molecule has 0 unspecified atom stereocenters. The van der Waals surface area contributed by atoms with E-state index in [1.54, 1.807) is 6.20 Å². The zero-order valence-electron chi connectivity index (χ0n) is 10.4. The molecule has 0 aliphatic heterocycles. The van der Waals surface area contributed by atoms with Gasteiger partial charge in [-0.25, -0.2) is 4.98 Å². The Bertz CT molecular complexity index is 704. The molecule has 0 radical (unpaired) electrons. The van der Waals surface area contributed by atoms with Gasteiger partial charge in [0.05, 0.1) is 10.7 Å². The minimum Gasteiger partial charge on any atom is -0.383 e. The van der Waals surface area contributed by atoms with E-state index in [0.717, 1.165) is 24.2 Å². The molecule has 2 N–H and O–H groups in total. The summed E-state index contributed by atoms with van der Waals surface area (Å²) in [6, 6.07) is 14.0. The van der Waals surface area contributed by atoms with E-state index < -0.39 is 0 Å². The number of rotatable bonds is 3. The second-order valence-corrected chi connectivity index (χ2v) is 4.94. The Morgan fingerprint density at radius 1 is 1.05 bits per heavy atom. The van der Waals surface area contributed by atoms with E-state index in [1.165, 1.54) is 5.56 Å². The molecule has 19 heavy (non-hydrogen) atoms. The van der Waals surface area contributed by atoms with Crippen molar-refractivity contribution in [1.29, 1.82) is 0 Å². The Balaban J connectivity index is 1.87. The van der Waals surface area contributed by atoms with Gasteiger partial charge in [-0.05, 0) is 30.5 Å². The van der Waals surface area contributed by atoms with Crippen molar-refractivity contribution in [3.63, 3.8) is 0 Å². The number of halogens is 1. The SMILES string of the molecule is Nc1c(CCc2ccccc2)nc2ccc(Cl)cn12. The monoisotopic (exact) mass is 271 g/mol. The van der Waals surface area contributed by atoms with E-state index in [0.29, 0.717) is 10.8 Å². The smallest absolute Gasteiger partial charge is 0.138 e. The van der Waals surface area contributed by atoms with Gasteiger partial charge >= 0.3 is 0 Å². The third kappa shape index (κ3) is 2.42. The third-order valence-corrected chi connectivity index (χ3v) is 3.41. The van der Waals surface area contributed by atoms with Crippen LogP contribution >= 0.6 is 11.6 Å². The normalized spacial score (nSPS) is 11.0. The summed E-state index contributed by atoms with van der Waals surface area (Å²) >= 11 is 5.97. The Morgan fingerprint density at radius 2 is 1.84 bits per heavy atom. The number of fused-ring (bicyclic) bond motifs is 1. The molecule has 3 aromatic rings. The summed E-state index contributed by atoms with van der Waals surface area (Å²) in [5, 5.41) is 0.659. The molecule has 1 aromatic carbocycles. The topological polar surface area (TPSA) is 43.3 Å². The van der Waals surface area contributed by atoms with Crippen LogP contribution in [-0.2, 0) is 12.8 Å². The van der Waals surface area contributed by atoms with Gasteiger partial charge in [-0.15, -0.1) is 0 Å². The maximum atomic E-state index is 6.11. The summed E-state index contributed by atoms with van der Waals surface area (Å²) in [6.45, 7) is 0. The molecule has 0 saturated carbocycles. The molecule has 0 aliphatic rings. The van der Waals surface area contributed by atoms with E-state index >= 15 is 0 Å². The number of hydrogen-bond donors (Lipinski definition) is 1. The van der Waals surface area contributed by atoms with E-state index in [2.05, 4.69) is 17.1 Å². The number of pyridine rings is 1. The van der Waals surface area contributed by atoms with Gasteiger partial charge in [0.2, 0.25) is 0 Å². The van der Waals surface area contributed by atoms with Crippen molar-refractivity contribution < 1.29 is 0 Å². The lowest BCUT2D eigenvalue weighted by Crippen LogP contribution is -1.98. The molecule has 0 saturated heterocycles. The van der Waals surface area contributed by atoms with Crippen LogP contribution in [0.5, 0.6) is 0 Å².